The Morgan fingerprint density at radius 1 is 0.935 bits per heavy atom. The van der Waals surface area contributed by atoms with Gasteiger partial charge in [0.05, 0.1) is 11.2 Å². The molecule has 0 radical (unpaired) electrons. The lowest BCUT2D eigenvalue weighted by Crippen LogP contribution is -2.16. The van der Waals surface area contributed by atoms with Crippen LogP contribution in [0.1, 0.15) is 32.9 Å². The number of nitrogens with zero attached hydrogens (tertiary/aromatic N) is 3. The molecular weight excluding hydrogens is 388 g/mol. The molecule has 0 unspecified atom stereocenters. The molecule has 3 aromatic heterocycles. The van der Waals surface area contributed by atoms with Gasteiger partial charge in [0, 0.05) is 22.4 Å². The number of carbonyl (C=O) groups is 1. The summed E-state index contributed by atoms with van der Waals surface area (Å²) >= 11 is 0. The number of carbonyl (C=O) groups excluding carboxylic acids is 1. The third-order valence-electron chi connectivity index (χ3n) is 5.57. The Morgan fingerprint density at radius 2 is 1.71 bits per heavy atom. The first-order valence-electron chi connectivity index (χ1n) is 10.2. The van der Waals surface area contributed by atoms with Crippen molar-refractivity contribution < 1.29 is 9.21 Å². The molecule has 6 nitrogen and oxygen atoms in total. The van der Waals surface area contributed by atoms with E-state index in [0.717, 1.165) is 38.7 Å². The van der Waals surface area contributed by atoms with Gasteiger partial charge in [-0.15, -0.1) is 0 Å². The van der Waals surface area contributed by atoms with Crippen LogP contribution in [-0.2, 0) is 0 Å². The van der Waals surface area contributed by atoms with Crippen molar-refractivity contribution in [2.75, 3.05) is 5.32 Å². The lowest BCUT2D eigenvalue weighted by atomic mass is 10.1. The van der Waals surface area contributed by atoms with Crippen LogP contribution >= 0.6 is 0 Å². The highest BCUT2D eigenvalue weighted by Gasteiger charge is 2.20. The number of hydrogen-bond acceptors (Lipinski definition) is 4. The Labute approximate surface area is 179 Å². The van der Waals surface area contributed by atoms with Gasteiger partial charge in [0.2, 0.25) is 0 Å². The fourth-order valence-electron chi connectivity index (χ4n) is 3.98. The second-order valence-corrected chi connectivity index (χ2v) is 7.86. The van der Waals surface area contributed by atoms with Crippen molar-refractivity contribution in [3.05, 3.63) is 82.7 Å². The van der Waals surface area contributed by atoms with Gasteiger partial charge < -0.3 is 9.73 Å². The highest BCUT2D eigenvalue weighted by atomic mass is 16.3. The summed E-state index contributed by atoms with van der Waals surface area (Å²) in [7, 11) is 0. The number of amides is 1. The van der Waals surface area contributed by atoms with Crippen molar-refractivity contribution in [2.45, 2.75) is 27.7 Å². The van der Waals surface area contributed by atoms with Crippen LogP contribution in [0.3, 0.4) is 0 Å². The van der Waals surface area contributed by atoms with Crippen LogP contribution in [0.2, 0.25) is 0 Å². The van der Waals surface area contributed by atoms with Crippen LogP contribution in [0.5, 0.6) is 0 Å². The summed E-state index contributed by atoms with van der Waals surface area (Å²) < 4.78 is 7.49. The molecule has 5 rings (SSSR count). The van der Waals surface area contributed by atoms with E-state index < -0.39 is 0 Å². The predicted molar refractivity (Wildman–Crippen MR) is 122 cm³/mol. The molecule has 2 aromatic carbocycles. The van der Waals surface area contributed by atoms with Crippen molar-refractivity contribution in [3.63, 3.8) is 0 Å². The number of aromatic nitrogens is 3. The van der Waals surface area contributed by atoms with Crippen molar-refractivity contribution >= 4 is 33.6 Å². The Hall–Kier alpha value is -3.93. The first-order chi connectivity index (χ1) is 14.9. The number of rotatable bonds is 3. The van der Waals surface area contributed by atoms with E-state index in [1.807, 2.05) is 69.3 Å². The molecule has 154 valence electrons. The molecule has 31 heavy (non-hydrogen) atoms. The predicted octanol–water partition coefficient (Wildman–Crippen LogP) is 5.65. The average Bonchev–Trinajstić information content (AvgIpc) is 3.28. The highest BCUT2D eigenvalue weighted by molar-refractivity contribution is 6.06. The number of furan rings is 1. The second-order valence-electron chi connectivity index (χ2n) is 7.86. The average molecular weight is 410 g/mol. The quantitative estimate of drug-likeness (QED) is 0.417. The summed E-state index contributed by atoms with van der Waals surface area (Å²) in [5, 5.41) is 9.57. The largest absolute Gasteiger partial charge is 0.451 e. The van der Waals surface area contributed by atoms with E-state index >= 15 is 0 Å². The van der Waals surface area contributed by atoms with Gasteiger partial charge in [0.1, 0.15) is 11.4 Å². The zero-order valence-corrected chi connectivity index (χ0v) is 17.9. The number of hydrogen-bond donors (Lipinski definition) is 1. The molecule has 0 atom stereocenters. The van der Waals surface area contributed by atoms with Crippen molar-refractivity contribution in [1.29, 1.82) is 0 Å². The number of benzene rings is 2. The molecule has 0 aliphatic carbocycles. The highest BCUT2D eigenvalue weighted by Crippen LogP contribution is 2.27. The molecule has 0 saturated heterocycles. The third-order valence-corrected chi connectivity index (χ3v) is 5.57. The van der Waals surface area contributed by atoms with Crippen LogP contribution in [0, 0.1) is 27.7 Å². The number of fused-ring (bicyclic) bond motifs is 2. The fourth-order valence-corrected chi connectivity index (χ4v) is 3.98. The van der Waals surface area contributed by atoms with E-state index in [1.165, 1.54) is 0 Å². The first kappa shape index (κ1) is 19.1. The molecule has 0 aliphatic rings. The first-order valence-corrected chi connectivity index (χ1v) is 10.2. The van der Waals surface area contributed by atoms with Crippen LogP contribution < -0.4 is 5.32 Å². The van der Waals surface area contributed by atoms with Crippen LogP contribution in [0.4, 0.5) is 5.82 Å². The minimum absolute atomic E-state index is 0.296. The zero-order valence-electron chi connectivity index (χ0n) is 17.9. The Bertz CT molecular complexity index is 1480. The molecule has 1 N–H and O–H groups in total. The number of anilines is 1. The van der Waals surface area contributed by atoms with Crippen molar-refractivity contribution in [1.82, 2.24) is 14.8 Å². The van der Waals surface area contributed by atoms with E-state index in [-0.39, 0.29) is 5.91 Å². The number of aryl methyl sites for hydroxylation is 4. The Balaban J connectivity index is 1.57. The van der Waals surface area contributed by atoms with Crippen LogP contribution in [-0.4, -0.2) is 20.7 Å². The lowest BCUT2D eigenvalue weighted by molar-refractivity contribution is 0.0997. The molecule has 3 heterocycles. The molecule has 0 bridgehead atoms. The van der Waals surface area contributed by atoms with Gasteiger partial charge in [-0.05, 0) is 51.0 Å². The minimum atomic E-state index is -0.316. The van der Waals surface area contributed by atoms with E-state index in [4.69, 9.17) is 9.40 Å². The van der Waals surface area contributed by atoms with Crippen LogP contribution in [0.25, 0.3) is 27.7 Å². The van der Waals surface area contributed by atoms with Gasteiger partial charge in [-0.25, -0.2) is 4.98 Å². The molecule has 0 fully saturated rings. The van der Waals surface area contributed by atoms with E-state index in [1.54, 1.807) is 4.68 Å². The zero-order chi connectivity index (χ0) is 21.7. The molecule has 0 saturated carbocycles. The van der Waals surface area contributed by atoms with Gasteiger partial charge in [0.25, 0.3) is 5.91 Å². The summed E-state index contributed by atoms with van der Waals surface area (Å²) in [4.78, 5) is 17.9. The van der Waals surface area contributed by atoms with Crippen molar-refractivity contribution in [3.8, 4) is 5.82 Å². The lowest BCUT2D eigenvalue weighted by Gasteiger charge is -2.11. The molecule has 0 aliphatic heterocycles. The van der Waals surface area contributed by atoms with Gasteiger partial charge >= 0.3 is 0 Å². The van der Waals surface area contributed by atoms with Gasteiger partial charge in [-0.3, -0.25) is 4.79 Å². The summed E-state index contributed by atoms with van der Waals surface area (Å²) in [6, 6.07) is 17.6. The number of para-hydroxylation sites is 2. The Morgan fingerprint density at radius 3 is 2.52 bits per heavy atom. The summed E-state index contributed by atoms with van der Waals surface area (Å²) in [6.07, 6.45) is 0. The van der Waals surface area contributed by atoms with E-state index in [9.17, 15) is 4.79 Å². The summed E-state index contributed by atoms with van der Waals surface area (Å²) in [6.45, 7) is 7.87. The SMILES string of the molecule is Cc1cc(NC(=O)c2oc3ccccc3c2C)n(-c2cc(C)c3cccc(C)c3n2)n1. The Kier molecular flexibility index (Phi) is 4.36. The van der Waals surface area contributed by atoms with Crippen LogP contribution in [0.15, 0.2) is 59.0 Å². The second kappa shape index (κ2) is 7.09. The topological polar surface area (TPSA) is 73.0 Å². The van der Waals surface area contributed by atoms with Gasteiger partial charge in [-0.2, -0.15) is 9.78 Å². The third kappa shape index (κ3) is 3.17. The van der Waals surface area contributed by atoms with Gasteiger partial charge in [0.15, 0.2) is 11.6 Å². The van der Waals surface area contributed by atoms with Crippen molar-refractivity contribution in [2.24, 2.45) is 0 Å². The molecule has 1 amide bonds. The molecular formula is C25H22N4O2. The van der Waals surface area contributed by atoms with E-state index in [0.29, 0.717) is 23.0 Å². The molecule has 6 heteroatoms. The summed E-state index contributed by atoms with van der Waals surface area (Å²) in [5.41, 5.74) is 5.40. The van der Waals surface area contributed by atoms with E-state index in [2.05, 4.69) is 23.4 Å². The smallest absolute Gasteiger partial charge is 0.292 e. The maximum absolute atomic E-state index is 13.1. The molecule has 5 aromatic rings. The number of nitrogens with one attached hydrogen (secondary N) is 1. The minimum Gasteiger partial charge on any atom is -0.451 e. The maximum atomic E-state index is 13.1. The van der Waals surface area contributed by atoms with Gasteiger partial charge in [-0.1, -0.05) is 36.4 Å². The summed E-state index contributed by atoms with van der Waals surface area (Å²) in [5.74, 6) is 1.18. The molecule has 0 spiro atoms. The number of pyridine rings is 1. The fraction of sp³-hybridized carbons (Fsp3) is 0.160. The normalized spacial score (nSPS) is 11.4. The monoisotopic (exact) mass is 410 g/mol. The maximum Gasteiger partial charge on any atom is 0.292 e. The standard InChI is InChI=1S/C25H22N4O2/c1-14-8-7-10-18-15(2)12-21(26-23(14)18)29-22(13-16(3)28-29)27-25(30)24-17(4)19-9-5-6-11-20(19)31-24/h5-13H,1-4H3,(H,27,30).